The van der Waals surface area contributed by atoms with E-state index in [1.807, 2.05) is 18.2 Å². The summed E-state index contributed by atoms with van der Waals surface area (Å²) in [6.45, 7) is 5.42. The first-order valence-corrected chi connectivity index (χ1v) is 15.2. The van der Waals surface area contributed by atoms with Crippen molar-refractivity contribution in [2.75, 3.05) is 46.5 Å². The Hall–Kier alpha value is -3.07. The molecule has 208 valence electrons. The molecule has 0 fully saturated rings. The molecule has 0 radical (unpaired) electrons. The molecule has 7 nitrogen and oxygen atoms in total. The van der Waals surface area contributed by atoms with E-state index in [4.69, 9.17) is 14.2 Å². The standard InChI is InChI=1S/C31H38N2O5S/c1-24-13-14-28-27(22-24)23-32(2)17-15-26(25-8-4-3-5-9-25)10-7-16-33(18-19-36-28)39(34,35)30-12-6-11-29-31(30)38-21-20-37-29/h3-6,8-9,11-14,22,26H,7,10,15-21,23H2,1-2H3. The van der Waals surface area contributed by atoms with E-state index in [1.165, 1.54) is 11.1 Å². The summed E-state index contributed by atoms with van der Waals surface area (Å²) in [4.78, 5) is 2.50. The van der Waals surface area contributed by atoms with E-state index in [0.717, 1.165) is 43.7 Å². The van der Waals surface area contributed by atoms with Crippen LogP contribution in [0.25, 0.3) is 0 Å². The Morgan fingerprint density at radius 3 is 2.44 bits per heavy atom. The molecule has 1 atom stereocenters. The zero-order chi connectivity index (χ0) is 27.2. The minimum Gasteiger partial charge on any atom is -0.492 e. The second kappa shape index (κ2) is 12.4. The number of ether oxygens (including phenoxy) is 3. The number of sulfonamides is 1. The molecule has 0 aliphatic carbocycles. The van der Waals surface area contributed by atoms with Gasteiger partial charge in [0.2, 0.25) is 10.0 Å². The van der Waals surface area contributed by atoms with Crippen LogP contribution in [0.3, 0.4) is 0 Å². The molecule has 0 bridgehead atoms. The molecule has 2 aliphatic rings. The molecular formula is C31H38N2O5S. The number of benzene rings is 3. The molecule has 39 heavy (non-hydrogen) atoms. The number of para-hydroxylation sites is 1. The van der Waals surface area contributed by atoms with Gasteiger partial charge in [-0.3, -0.25) is 0 Å². The van der Waals surface area contributed by atoms with Crippen LogP contribution in [-0.4, -0.2) is 64.1 Å². The predicted octanol–water partition coefficient (Wildman–Crippen LogP) is 5.24. The first-order chi connectivity index (χ1) is 18.9. The second-order valence-corrected chi connectivity index (χ2v) is 12.3. The van der Waals surface area contributed by atoms with Crippen molar-refractivity contribution in [3.8, 4) is 17.2 Å². The van der Waals surface area contributed by atoms with Crippen molar-refractivity contribution in [2.45, 2.75) is 43.5 Å². The van der Waals surface area contributed by atoms with E-state index in [-0.39, 0.29) is 18.0 Å². The molecule has 8 heteroatoms. The Morgan fingerprint density at radius 1 is 0.795 bits per heavy atom. The Bertz CT molecular complexity index is 1360. The molecule has 3 aromatic carbocycles. The third-order valence-corrected chi connectivity index (χ3v) is 9.42. The molecule has 0 N–H and O–H groups in total. The van der Waals surface area contributed by atoms with Crippen LogP contribution in [0, 0.1) is 6.92 Å². The maximum atomic E-state index is 14.0. The van der Waals surface area contributed by atoms with Crippen LogP contribution in [0.4, 0.5) is 0 Å². The maximum absolute atomic E-state index is 14.0. The number of rotatable bonds is 3. The molecular weight excluding hydrogens is 512 g/mol. The van der Waals surface area contributed by atoms with E-state index in [2.05, 4.69) is 49.2 Å². The zero-order valence-corrected chi connectivity index (χ0v) is 23.7. The van der Waals surface area contributed by atoms with E-state index in [9.17, 15) is 8.42 Å². The quantitative estimate of drug-likeness (QED) is 0.445. The number of nitrogens with zero attached hydrogens (tertiary/aromatic N) is 2. The largest absolute Gasteiger partial charge is 0.492 e. The number of fused-ring (bicyclic) bond motifs is 2. The van der Waals surface area contributed by atoms with Gasteiger partial charge in [0.05, 0.1) is 0 Å². The summed E-state index contributed by atoms with van der Waals surface area (Å²) in [5.74, 6) is 1.92. The smallest absolute Gasteiger partial charge is 0.247 e. The van der Waals surface area contributed by atoms with Gasteiger partial charge in [0, 0.05) is 25.2 Å². The molecule has 0 spiro atoms. The van der Waals surface area contributed by atoms with Gasteiger partial charge in [-0.25, -0.2) is 8.42 Å². The van der Waals surface area contributed by atoms with Gasteiger partial charge in [-0.2, -0.15) is 4.31 Å². The molecule has 0 saturated carbocycles. The Balaban J connectivity index is 1.45. The van der Waals surface area contributed by atoms with Gasteiger partial charge in [0.1, 0.15) is 30.5 Å². The van der Waals surface area contributed by atoms with Crippen LogP contribution in [0.1, 0.15) is 41.9 Å². The molecule has 2 aliphatic heterocycles. The summed E-state index contributed by atoms with van der Waals surface area (Å²) >= 11 is 0. The highest BCUT2D eigenvalue weighted by molar-refractivity contribution is 7.89. The van der Waals surface area contributed by atoms with Crippen molar-refractivity contribution in [2.24, 2.45) is 0 Å². The zero-order valence-electron chi connectivity index (χ0n) is 22.8. The van der Waals surface area contributed by atoms with Crippen molar-refractivity contribution in [3.05, 3.63) is 83.4 Å². The summed E-state index contributed by atoms with van der Waals surface area (Å²) in [7, 11) is -1.69. The van der Waals surface area contributed by atoms with Crippen LogP contribution in [0.15, 0.2) is 71.6 Å². The van der Waals surface area contributed by atoms with E-state index in [0.29, 0.717) is 37.2 Å². The fourth-order valence-corrected chi connectivity index (χ4v) is 7.04. The third kappa shape index (κ3) is 6.57. The van der Waals surface area contributed by atoms with Crippen molar-refractivity contribution in [3.63, 3.8) is 0 Å². The van der Waals surface area contributed by atoms with Crippen LogP contribution < -0.4 is 14.2 Å². The molecule has 5 rings (SSSR count). The van der Waals surface area contributed by atoms with Gasteiger partial charge in [-0.1, -0.05) is 54.1 Å². The lowest BCUT2D eigenvalue weighted by molar-refractivity contribution is 0.166. The lowest BCUT2D eigenvalue weighted by Gasteiger charge is -2.28. The highest BCUT2D eigenvalue weighted by atomic mass is 32.2. The Kier molecular flexibility index (Phi) is 8.75. The second-order valence-electron chi connectivity index (χ2n) is 10.4. The highest BCUT2D eigenvalue weighted by Gasteiger charge is 2.31. The summed E-state index contributed by atoms with van der Waals surface area (Å²) in [5.41, 5.74) is 3.59. The van der Waals surface area contributed by atoms with Gasteiger partial charge in [-0.05, 0) is 69.5 Å². The normalized spacial score (nSPS) is 19.9. The third-order valence-electron chi connectivity index (χ3n) is 7.49. The number of hydrogen-bond acceptors (Lipinski definition) is 6. The number of hydrogen-bond donors (Lipinski definition) is 0. The van der Waals surface area contributed by atoms with Crippen molar-refractivity contribution >= 4 is 10.0 Å². The summed E-state index contributed by atoms with van der Waals surface area (Å²) in [5, 5.41) is 0. The average Bonchev–Trinajstić information content (AvgIpc) is 2.94. The van der Waals surface area contributed by atoms with Gasteiger partial charge >= 0.3 is 0 Å². The first-order valence-electron chi connectivity index (χ1n) is 13.8. The summed E-state index contributed by atoms with van der Waals surface area (Å²) in [6, 6.07) is 21.8. The van der Waals surface area contributed by atoms with Crippen molar-refractivity contribution in [1.29, 1.82) is 0 Å². The topological polar surface area (TPSA) is 68.3 Å². The fraction of sp³-hybridized carbons (Fsp3) is 0.419. The summed E-state index contributed by atoms with van der Waals surface area (Å²) in [6.07, 6.45) is 2.63. The molecule has 0 saturated heterocycles. The summed E-state index contributed by atoms with van der Waals surface area (Å²) < 4.78 is 47.2. The van der Waals surface area contributed by atoms with Crippen LogP contribution in [0.2, 0.25) is 0 Å². The Morgan fingerprint density at radius 2 is 1.59 bits per heavy atom. The van der Waals surface area contributed by atoms with Crippen LogP contribution >= 0.6 is 0 Å². The van der Waals surface area contributed by atoms with E-state index < -0.39 is 10.0 Å². The monoisotopic (exact) mass is 550 g/mol. The molecule has 0 amide bonds. The minimum atomic E-state index is -3.84. The van der Waals surface area contributed by atoms with Crippen molar-refractivity contribution in [1.82, 2.24) is 9.21 Å². The lowest BCUT2D eigenvalue weighted by Crippen LogP contribution is -2.36. The van der Waals surface area contributed by atoms with Crippen LogP contribution in [0.5, 0.6) is 17.2 Å². The minimum absolute atomic E-state index is 0.151. The van der Waals surface area contributed by atoms with Gasteiger partial charge < -0.3 is 19.1 Å². The van der Waals surface area contributed by atoms with Gasteiger partial charge in [0.15, 0.2) is 11.5 Å². The van der Waals surface area contributed by atoms with Crippen molar-refractivity contribution < 1.29 is 22.6 Å². The predicted molar refractivity (Wildman–Crippen MR) is 152 cm³/mol. The maximum Gasteiger partial charge on any atom is 0.247 e. The average molecular weight is 551 g/mol. The Labute approximate surface area is 232 Å². The molecule has 1 unspecified atom stereocenters. The first kappa shape index (κ1) is 27.5. The molecule has 2 heterocycles. The van der Waals surface area contributed by atoms with E-state index >= 15 is 0 Å². The van der Waals surface area contributed by atoms with Crippen LogP contribution in [-0.2, 0) is 16.6 Å². The highest BCUT2D eigenvalue weighted by Crippen LogP contribution is 2.38. The molecule has 3 aromatic rings. The lowest BCUT2D eigenvalue weighted by atomic mass is 9.91. The van der Waals surface area contributed by atoms with Gasteiger partial charge in [0.25, 0.3) is 0 Å². The fourth-order valence-electron chi connectivity index (χ4n) is 5.43. The number of aryl methyl sites for hydroxylation is 1. The molecule has 0 aromatic heterocycles. The van der Waals surface area contributed by atoms with Gasteiger partial charge in [-0.15, -0.1) is 0 Å². The SMILES string of the molecule is Cc1ccc2c(c1)CN(C)CCC(c1ccccc1)CCCN(S(=O)(=O)c1cccc3c1OCCO3)CCO2. The van der Waals surface area contributed by atoms with E-state index in [1.54, 1.807) is 22.5 Å².